The van der Waals surface area contributed by atoms with Crippen LogP contribution < -0.4 is 0 Å². The minimum atomic E-state index is -0.138. The summed E-state index contributed by atoms with van der Waals surface area (Å²) < 4.78 is 10.1. The number of hydrogen-bond donors (Lipinski definition) is 0. The van der Waals surface area contributed by atoms with Gasteiger partial charge in [-0.2, -0.15) is 11.5 Å². The molecule has 0 saturated carbocycles. The molecule has 4 radical (unpaired) electrons. The SMILES string of the molecule is CCCCCCCCCCCCOC(=O)CC[S-].CCCCCCCCCCCCOC(=O)CC[S-].[CH2]CCC.[CH2]CCC.[Sn+2]. The summed E-state index contributed by atoms with van der Waals surface area (Å²) in [5.41, 5.74) is 0. The van der Waals surface area contributed by atoms with Crippen LogP contribution in [0.5, 0.6) is 0 Å². The first kappa shape index (κ1) is 54.9. The maximum absolute atomic E-state index is 11.0. The van der Waals surface area contributed by atoms with Gasteiger partial charge >= 0.3 is 35.8 Å². The zero-order valence-electron chi connectivity index (χ0n) is 30.6. The molecule has 0 bridgehead atoms. The molecule has 0 saturated heterocycles. The predicted molar refractivity (Wildman–Crippen MR) is 206 cm³/mol. The van der Waals surface area contributed by atoms with Crippen molar-refractivity contribution in [2.75, 3.05) is 24.7 Å². The van der Waals surface area contributed by atoms with Gasteiger partial charge in [0.05, 0.1) is 13.2 Å². The molecule has 0 amide bonds. The second kappa shape index (κ2) is 56.8. The molecule has 7 heteroatoms. The normalized spacial score (nSPS) is 9.78. The summed E-state index contributed by atoms with van der Waals surface area (Å²) in [6, 6.07) is 0. The van der Waals surface area contributed by atoms with E-state index >= 15 is 0 Å². The maximum atomic E-state index is 11.0. The monoisotopic (exact) mass is 780 g/mol. The van der Waals surface area contributed by atoms with Crippen molar-refractivity contribution < 1.29 is 19.1 Å². The molecule has 0 atom stereocenters. The number of ether oxygens (including phenoxy) is 2. The molecule has 0 aromatic rings. The van der Waals surface area contributed by atoms with Crippen LogP contribution in [0, 0.1) is 13.8 Å². The third kappa shape index (κ3) is 67.5. The van der Waals surface area contributed by atoms with Gasteiger partial charge in [-0.15, -0.1) is 0 Å². The third-order valence-electron chi connectivity index (χ3n) is 6.84. The van der Waals surface area contributed by atoms with Crippen molar-refractivity contribution in [1.82, 2.24) is 0 Å². The van der Waals surface area contributed by atoms with Crippen LogP contribution in [-0.4, -0.2) is 60.6 Å². The van der Waals surface area contributed by atoms with E-state index in [0.29, 0.717) is 37.6 Å². The Kier molecular flexibility index (Phi) is 69.2. The summed E-state index contributed by atoms with van der Waals surface area (Å²) in [7, 11) is 0. The molecular formula is C38H76O4S2Sn. The molecule has 0 rings (SSSR count). The van der Waals surface area contributed by atoms with E-state index in [2.05, 4.69) is 41.5 Å². The van der Waals surface area contributed by atoms with Crippen molar-refractivity contribution in [2.24, 2.45) is 0 Å². The molecule has 4 nitrogen and oxygen atoms in total. The molecule has 0 aliphatic rings. The molecule has 45 heavy (non-hydrogen) atoms. The Hall–Kier alpha value is 0.439. The molecular weight excluding hydrogens is 703 g/mol. The fourth-order valence-electron chi connectivity index (χ4n) is 3.86. The Morgan fingerprint density at radius 3 is 0.867 bits per heavy atom. The van der Waals surface area contributed by atoms with Crippen molar-refractivity contribution in [3.8, 4) is 0 Å². The van der Waals surface area contributed by atoms with Gasteiger partial charge in [-0.05, 0) is 12.8 Å². The van der Waals surface area contributed by atoms with Crippen molar-refractivity contribution in [3.05, 3.63) is 13.8 Å². The summed E-state index contributed by atoms with van der Waals surface area (Å²) in [6.45, 7) is 17.1. The first-order chi connectivity index (χ1) is 21.4. The average molecular weight is 780 g/mol. The van der Waals surface area contributed by atoms with E-state index in [1.807, 2.05) is 0 Å². The van der Waals surface area contributed by atoms with Crippen LogP contribution in [0.15, 0.2) is 0 Å². The summed E-state index contributed by atoms with van der Waals surface area (Å²) in [5, 5.41) is 0. The topological polar surface area (TPSA) is 52.6 Å². The molecule has 0 N–H and O–H groups in total. The van der Waals surface area contributed by atoms with Crippen LogP contribution in [0.3, 0.4) is 0 Å². The van der Waals surface area contributed by atoms with Gasteiger partial charge < -0.3 is 34.7 Å². The van der Waals surface area contributed by atoms with E-state index in [0.717, 1.165) is 25.7 Å². The van der Waals surface area contributed by atoms with E-state index in [9.17, 15) is 9.59 Å². The van der Waals surface area contributed by atoms with Gasteiger partial charge in [0, 0.05) is 12.8 Å². The number of esters is 2. The first-order valence-electron chi connectivity index (χ1n) is 18.5. The second-order valence-corrected chi connectivity index (χ2v) is 12.2. The summed E-state index contributed by atoms with van der Waals surface area (Å²) in [4.78, 5) is 22.0. The van der Waals surface area contributed by atoms with E-state index < -0.39 is 0 Å². The van der Waals surface area contributed by atoms with E-state index in [-0.39, 0.29) is 35.8 Å². The number of carbonyl (C=O) groups excluding carboxylic acids is 2. The molecule has 0 aliphatic carbocycles. The van der Waals surface area contributed by atoms with Gasteiger partial charge in [0.15, 0.2) is 0 Å². The standard InChI is InChI=1S/2C15H30O2S.2C4H9.Sn/c2*1-2-3-4-5-6-7-8-9-10-11-13-17-15(16)12-14-18;2*1-3-4-2;/h2*18H,2-14H2,1H3;2*1,3-4H2,2H3;/q;;;;+2/p-2. The zero-order valence-corrected chi connectivity index (χ0v) is 35.1. The molecule has 0 fully saturated rings. The van der Waals surface area contributed by atoms with Crippen LogP contribution in [0.1, 0.15) is 195 Å². The van der Waals surface area contributed by atoms with Crippen LogP contribution in [0.4, 0.5) is 0 Å². The smallest absolute Gasteiger partial charge is 0.792 e. The maximum Gasteiger partial charge on any atom is 2.00 e. The quantitative estimate of drug-likeness (QED) is 0.0341. The number of carbonyl (C=O) groups is 2. The summed E-state index contributed by atoms with van der Waals surface area (Å²) in [5.74, 6) is 0.662. The summed E-state index contributed by atoms with van der Waals surface area (Å²) >= 11 is 9.43. The molecule has 0 spiro atoms. The minimum absolute atomic E-state index is 0. The number of hydrogen-bond acceptors (Lipinski definition) is 6. The first-order valence-corrected chi connectivity index (χ1v) is 19.7. The van der Waals surface area contributed by atoms with Crippen LogP contribution in [0.25, 0.3) is 0 Å². The number of unbranched alkanes of at least 4 members (excludes halogenated alkanes) is 20. The van der Waals surface area contributed by atoms with E-state index in [1.165, 1.54) is 128 Å². The van der Waals surface area contributed by atoms with Crippen molar-refractivity contribution in [3.63, 3.8) is 0 Å². The molecule has 0 aromatic carbocycles. The minimum Gasteiger partial charge on any atom is -0.792 e. The Bertz CT molecular complexity index is 462. The Labute approximate surface area is 311 Å². The average Bonchev–Trinajstić information content (AvgIpc) is 3.03. The Morgan fingerprint density at radius 1 is 0.444 bits per heavy atom. The van der Waals surface area contributed by atoms with Crippen molar-refractivity contribution >= 4 is 61.1 Å². The van der Waals surface area contributed by atoms with Crippen molar-refractivity contribution in [1.29, 1.82) is 0 Å². The molecule has 0 aromatic heterocycles. The molecule has 0 aliphatic heterocycles. The van der Waals surface area contributed by atoms with Gasteiger partial charge in [-0.3, -0.25) is 9.59 Å². The van der Waals surface area contributed by atoms with Crippen LogP contribution >= 0.6 is 0 Å². The number of rotatable bonds is 28. The van der Waals surface area contributed by atoms with Gasteiger partial charge in [0.2, 0.25) is 0 Å². The predicted octanol–water partition coefficient (Wildman–Crippen LogP) is 11.6. The molecule has 268 valence electrons. The van der Waals surface area contributed by atoms with Crippen LogP contribution in [-0.2, 0) is 44.3 Å². The van der Waals surface area contributed by atoms with Gasteiger partial charge in [-0.1, -0.05) is 183 Å². The van der Waals surface area contributed by atoms with E-state index in [1.54, 1.807) is 0 Å². The van der Waals surface area contributed by atoms with E-state index in [4.69, 9.17) is 34.7 Å². The fourth-order valence-corrected chi connectivity index (χ4v) is 4.20. The zero-order chi connectivity index (χ0) is 33.8. The van der Waals surface area contributed by atoms with Crippen LogP contribution in [0.2, 0.25) is 0 Å². The second-order valence-electron chi connectivity index (χ2n) is 11.4. The third-order valence-corrected chi connectivity index (χ3v) is 7.25. The largest absolute Gasteiger partial charge is 2.00 e. The Morgan fingerprint density at radius 2 is 0.667 bits per heavy atom. The summed E-state index contributed by atoms with van der Waals surface area (Å²) in [6.07, 6.45) is 31.4. The Balaban J connectivity index is -0.000000187. The van der Waals surface area contributed by atoms with Crippen molar-refractivity contribution in [2.45, 2.75) is 195 Å². The van der Waals surface area contributed by atoms with Gasteiger partial charge in [-0.25, -0.2) is 0 Å². The van der Waals surface area contributed by atoms with Gasteiger partial charge in [0.25, 0.3) is 0 Å². The fraction of sp³-hybridized carbons (Fsp3) is 0.895. The molecule has 0 heterocycles. The molecule has 0 unspecified atom stereocenters. The van der Waals surface area contributed by atoms with Gasteiger partial charge in [0.1, 0.15) is 0 Å².